The molecule has 3 rings (SSSR count). The van der Waals surface area contributed by atoms with Crippen molar-refractivity contribution in [3.05, 3.63) is 65.0 Å². The largest absolute Gasteiger partial charge is 0.409 e. The minimum Gasteiger partial charge on any atom is -0.206 e. The zero-order chi connectivity index (χ0) is 20.5. The van der Waals surface area contributed by atoms with E-state index in [9.17, 15) is 26.3 Å². The zero-order valence-corrected chi connectivity index (χ0v) is 15.6. The Kier molecular flexibility index (Phi) is 6.12. The van der Waals surface area contributed by atoms with E-state index in [0.29, 0.717) is 11.3 Å². The number of hydrogen-bond donors (Lipinski definition) is 1. The van der Waals surface area contributed by atoms with Gasteiger partial charge in [-0.3, -0.25) is 0 Å². The van der Waals surface area contributed by atoms with Gasteiger partial charge in [0.15, 0.2) is 0 Å². The Morgan fingerprint density at radius 1 is 0.857 bits per heavy atom. The lowest BCUT2D eigenvalue weighted by Crippen LogP contribution is -2.13. The highest BCUT2D eigenvalue weighted by molar-refractivity contribution is 7.80. The second-order valence-corrected chi connectivity index (χ2v) is 7.70. The van der Waals surface area contributed by atoms with Crippen LogP contribution in [0.4, 0.5) is 26.3 Å². The molecule has 2 aromatic rings. The molecule has 0 atom stereocenters. The van der Waals surface area contributed by atoms with Crippen molar-refractivity contribution in [1.29, 1.82) is 0 Å². The van der Waals surface area contributed by atoms with Gasteiger partial charge in [-0.1, -0.05) is 12.1 Å². The van der Waals surface area contributed by atoms with E-state index in [1.54, 1.807) is 6.07 Å². The molecule has 0 N–H and O–H groups in total. The first-order chi connectivity index (χ1) is 13.1. The monoisotopic (exact) mass is 416 g/mol. The van der Waals surface area contributed by atoms with Gasteiger partial charge in [0.2, 0.25) is 0 Å². The summed E-state index contributed by atoms with van der Waals surface area (Å²) in [5, 5.41) is 0.358. The summed E-state index contributed by atoms with van der Waals surface area (Å²) in [7, 11) is 0. The molecule has 1 saturated carbocycles. The number of alkyl halides is 3. The van der Waals surface area contributed by atoms with Crippen LogP contribution in [0.2, 0.25) is 0 Å². The minimum absolute atomic E-state index is 0.00391. The highest BCUT2D eigenvalue weighted by Gasteiger charge is 2.24. The summed E-state index contributed by atoms with van der Waals surface area (Å²) in [6.45, 7) is 0. The fourth-order valence-electron chi connectivity index (χ4n) is 3.51. The average Bonchev–Trinajstić information content (AvgIpc) is 2.60. The van der Waals surface area contributed by atoms with Crippen molar-refractivity contribution in [3.63, 3.8) is 0 Å². The third-order valence-corrected chi connectivity index (χ3v) is 5.51. The molecule has 28 heavy (non-hydrogen) atoms. The van der Waals surface area contributed by atoms with Crippen LogP contribution >= 0.6 is 12.6 Å². The Balaban J connectivity index is 1.88. The molecule has 1 aliphatic carbocycles. The molecule has 0 aliphatic heterocycles. The van der Waals surface area contributed by atoms with Crippen molar-refractivity contribution in [3.8, 4) is 11.1 Å². The molecule has 0 unspecified atom stereocenters. The molecule has 150 valence electrons. The molecular weight excluding hydrogens is 398 g/mol. The Morgan fingerprint density at radius 3 is 2.00 bits per heavy atom. The lowest BCUT2D eigenvalue weighted by atomic mass is 9.83. The molecule has 0 amide bonds. The van der Waals surface area contributed by atoms with Gasteiger partial charge in [0.25, 0.3) is 0 Å². The predicted molar refractivity (Wildman–Crippen MR) is 101 cm³/mol. The van der Waals surface area contributed by atoms with E-state index in [0.717, 1.165) is 43.4 Å². The first-order valence-corrected chi connectivity index (χ1v) is 9.38. The zero-order valence-electron chi connectivity index (χ0n) is 14.7. The van der Waals surface area contributed by atoms with Crippen molar-refractivity contribution < 1.29 is 26.3 Å². The van der Waals surface area contributed by atoms with Crippen LogP contribution in [0.15, 0.2) is 36.4 Å². The topological polar surface area (TPSA) is 0 Å². The third-order valence-electron chi connectivity index (χ3n) is 4.99. The highest BCUT2D eigenvalue weighted by Crippen LogP contribution is 2.37. The summed E-state index contributed by atoms with van der Waals surface area (Å²) in [4.78, 5) is 0. The molecule has 0 spiro atoms. The fraction of sp³-hybridized carbons (Fsp3) is 0.333. The second kappa shape index (κ2) is 8.23. The lowest BCUT2D eigenvalue weighted by Gasteiger charge is -2.26. The second-order valence-electron chi connectivity index (χ2n) is 6.97. The van der Waals surface area contributed by atoms with Crippen molar-refractivity contribution in [2.24, 2.45) is 0 Å². The number of allylic oxidation sites excluding steroid dienone is 1. The van der Waals surface area contributed by atoms with Gasteiger partial charge in [0.1, 0.15) is 17.5 Å². The van der Waals surface area contributed by atoms with Gasteiger partial charge in [-0.05, 0) is 67.0 Å². The molecule has 0 radical (unpaired) electrons. The van der Waals surface area contributed by atoms with E-state index >= 15 is 0 Å². The molecule has 0 nitrogen and oxygen atoms in total. The van der Waals surface area contributed by atoms with E-state index in [1.807, 2.05) is 0 Å². The molecule has 0 heterocycles. The summed E-state index contributed by atoms with van der Waals surface area (Å²) in [6, 6.07) is 6.23. The van der Waals surface area contributed by atoms with Crippen LogP contribution in [0, 0.1) is 17.5 Å². The number of halogens is 6. The van der Waals surface area contributed by atoms with Crippen molar-refractivity contribution >= 4 is 18.7 Å². The molecule has 0 aromatic heterocycles. The summed E-state index contributed by atoms with van der Waals surface area (Å²) in [5.74, 6) is -2.78. The number of hydrogen-bond acceptors (Lipinski definition) is 1. The maximum absolute atomic E-state index is 14.6. The van der Waals surface area contributed by atoms with Gasteiger partial charge in [0, 0.05) is 22.5 Å². The normalized spacial score (nSPS) is 20.7. The van der Waals surface area contributed by atoms with E-state index in [2.05, 4.69) is 12.6 Å². The van der Waals surface area contributed by atoms with Gasteiger partial charge in [0.05, 0.1) is 0 Å². The van der Waals surface area contributed by atoms with E-state index < -0.39 is 29.2 Å². The van der Waals surface area contributed by atoms with E-state index in [4.69, 9.17) is 0 Å². The Bertz CT molecular complexity index is 856. The SMILES string of the molecule is Fc1cc(C2CCC(S)CC2)ccc1-c1cc(F)c(/C=C/C(F)(F)F)c(F)c1. The maximum Gasteiger partial charge on any atom is 0.409 e. The Morgan fingerprint density at radius 2 is 1.46 bits per heavy atom. The van der Waals surface area contributed by atoms with Gasteiger partial charge >= 0.3 is 6.18 Å². The molecule has 7 heteroatoms. The van der Waals surface area contributed by atoms with Crippen molar-refractivity contribution in [2.75, 3.05) is 0 Å². The lowest BCUT2D eigenvalue weighted by molar-refractivity contribution is -0.0790. The van der Waals surface area contributed by atoms with Gasteiger partial charge in [-0.25, -0.2) is 13.2 Å². The summed E-state index contributed by atoms with van der Waals surface area (Å²) in [6.07, 6.45) is -0.922. The summed E-state index contributed by atoms with van der Waals surface area (Å²) in [5.41, 5.74) is -0.0631. The quantitative estimate of drug-likeness (QED) is 0.394. The molecule has 2 aromatic carbocycles. The maximum atomic E-state index is 14.6. The third kappa shape index (κ3) is 4.93. The molecular formula is C21H18F6S. The van der Waals surface area contributed by atoms with Crippen LogP contribution in [0.3, 0.4) is 0 Å². The molecule has 0 bridgehead atoms. The van der Waals surface area contributed by atoms with Gasteiger partial charge in [-0.15, -0.1) is 0 Å². The van der Waals surface area contributed by atoms with Crippen molar-refractivity contribution in [1.82, 2.24) is 0 Å². The molecule has 1 fully saturated rings. The number of thiol groups is 1. The fourth-order valence-corrected chi connectivity index (χ4v) is 3.80. The Labute approximate surface area is 164 Å². The Hall–Kier alpha value is -1.89. The van der Waals surface area contributed by atoms with Crippen molar-refractivity contribution in [2.45, 2.75) is 43.0 Å². The van der Waals surface area contributed by atoms with E-state index in [-0.39, 0.29) is 23.1 Å². The van der Waals surface area contributed by atoms with Crippen LogP contribution in [-0.2, 0) is 0 Å². The molecule has 1 aliphatic rings. The summed E-state index contributed by atoms with van der Waals surface area (Å²) < 4.78 is 79.5. The first kappa shape index (κ1) is 20.8. The first-order valence-electron chi connectivity index (χ1n) is 8.87. The minimum atomic E-state index is -4.69. The predicted octanol–water partition coefficient (Wildman–Crippen LogP) is 7.30. The van der Waals surface area contributed by atoms with Gasteiger partial charge in [-0.2, -0.15) is 25.8 Å². The molecule has 0 saturated heterocycles. The van der Waals surface area contributed by atoms with Crippen LogP contribution < -0.4 is 0 Å². The van der Waals surface area contributed by atoms with Crippen LogP contribution in [0.1, 0.15) is 42.7 Å². The average molecular weight is 416 g/mol. The van der Waals surface area contributed by atoms with Crippen LogP contribution in [-0.4, -0.2) is 11.4 Å². The number of benzene rings is 2. The van der Waals surface area contributed by atoms with E-state index in [1.165, 1.54) is 12.1 Å². The van der Waals surface area contributed by atoms with Gasteiger partial charge < -0.3 is 0 Å². The number of rotatable bonds is 3. The smallest absolute Gasteiger partial charge is 0.206 e. The summed E-state index contributed by atoms with van der Waals surface area (Å²) >= 11 is 4.44. The standard InChI is InChI=1S/C21H18F6S/c22-18-9-13(12-1-4-15(28)5-2-12)3-6-16(18)14-10-19(23)17(20(24)11-14)7-8-21(25,26)27/h3,6-12,15,28H,1-2,4-5H2/b8-7+. The highest BCUT2D eigenvalue weighted by atomic mass is 32.1. The van der Waals surface area contributed by atoms with Crippen LogP contribution in [0.25, 0.3) is 17.2 Å². The van der Waals surface area contributed by atoms with Crippen LogP contribution in [0.5, 0.6) is 0 Å².